The van der Waals surface area contributed by atoms with Crippen molar-refractivity contribution in [1.82, 2.24) is 5.32 Å². The van der Waals surface area contributed by atoms with E-state index < -0.39 is 29.2 Å². The van der Waals surface area contributed by atoms with Crippen molar-refractivity contribution in [2.24, 2.45) is 5.92 Å². The monoisotopic (exact) mass is 333 g/mol. The van der Waals surface area contributed by atoms with Gasteiger partial charge in [-0.05, 0) is 31.9 Å². The highest BCUT2D eigenvalue weighted by Crippen LogP contribution is 2.36. The van der Waals surface area contributed by atoms with E-state index in [1.54, 1.807) is 6.92 Å². The molecule has 21 heavy (non-hydrogen) atoms. The molecule has 2 N–H and O–H groups in total. The van der Waals surface area contributed by atoms with Crippen molar-refractivity contribution in [2.45, 2.75) is 31.7 Å². The number of hydrogen-bond acceptors (Lipinski definition) is 2. The summed E-state index contributed by atoms with van der Waals surface area (Å²) in [5, 5.41) is 11.7. The molecule has 0 saturated heterocycles. The molecule has 1 aliphatic rings. The van der Waals surface area contributed by atoms with E-state index in [1.807, 2.05) is 0 Å². The minimum Gasteiger partial charge on any atom is -0.481 e. The van der Waals surface area contributed by atoms with Crippen molar-refractivity contribution >= 4 is 35.1 Å². The fraction of sp³-hybridized carbons (Fsp3) is 0.429. The van der Waals surface area contributed by atoms with Gasteiger partial charge in [0.15, 0.2) is 0 Å². The number of hydrogen-bond donors (Lipinski definition) is 2. The van der Waals surface area contributed by atoms with Crippen molar-refractivity contribution in [1.29, 1.82) is 0 Å². The smallest absolute Gasteiger partial charge is 0.308 e. The summed E-state index contributed by atoms with van der Waals surface area (Å²) in [6, 6.07) is 2.10. The first-order valence-electron chi connectivity index (χ1n) is 6.44. The number of benzene rings is 1. The SMILES string of the molecule is C[C@]1(NC(=O)c2cc(F)c(Cl)cc2Cl)CCC[C@H]1C(=O)O. The maximum absolute atomic E-state index is 13.5. The van der Waals surface area contributed by atoms with E-state index in [1.165, 1.54) is 0 Å². The lowest BCUT2D eigenvalue weighted by Gasteiger charge is -2.30. The zero-order chi connectivity index (χ0) is 15.8. The average Bonchev–Trinajstić information content (AvgIpc) is 2.75. The van der Waals surface area contributed by atoms with E-state index in [4.69, 9.17) is 23.2 Å². The maximum Gasteiger partial charge on any atom is 0.308 e. The highest BCUT2D eigenvalue weighted by Gasteiger charge is 2.44. The first-order chi connectivity index (χ1) is 9.74. The summed E-state index contributed by atoms with van der Waals surface area (Å²) in [5.41, 5.74) is -0.932. The van der Waals surface area contributed by atoms with Gasteiger partial charge in [0, 0.05) is 0 Å². The van der Waals surface area contributed by atoms with Gasteiger partial charge in [-0.2, -0.15) is 0 Å². The molecule has 0 radical (unpaired) electrons. The summed E-state index contributed by atoms with van der Waals surface area (Å²) in [4.78, 5) is 23.5. The van der Waals surface area contributed by atoms with Crippen LogP contribution in [-0.2, 0) is 4.79 Å². The highest BCUT2D eigenvalue weighted by atomic mass is 35.5. The molecule has 0 bridgehead atoms. The molecule has 0 aliphatic heterocycles. The minimum atomic E-state index is -0.955. The zero-order valence-electron chi connectivity index (χ0n) is 11.3. The number of aliphatic carboxylic acids is 1. The van der Waals surface area contributed by atoms with Crippen LogP contribution in [0, 0.1) is 11.7 Å². The van der Waals surface area contributed by atoms with Crippen LogP contribution in [0.4, 0.5) is 4.39 Å². The minimum absolute atomic E-state index is 0.0207. The van der Waals surface area contributed by atoms with Crippen LogP contribution in [0.2, 0.25) is 10.0 Å². The van der Waals surface area contributed by atoms with E-state index in [0.717, 1.165) is 12.1 Å². The molecule has 2 rings (SSSR count). The molecule has 7 heteroatoms. The van der Waals surface area contributed by atoms with Crippen molar-refractivity contribution in [2.75, 3.05) is 0 Å². The number of nitrogens with one attached hydrogen (secondary N) is 1. The maximum atomic E-state index is 13.5. The fourth-order valence-corrected chi connectivity index (χ4v) is 3.20. The average molecular weight is 334 g/mol. The Balaban J connectivity index is 2.26. The van der Waals surface area contributed by atoms with E-state index in [0.29, 0.717) is 19.3 Å². The number of carboxylic acid groups (broad SMARTS) is 1. The number of carboxylic acids is 1. The van der Waals surface area contributed by atoms with Crippen LogP contribution in [0.3, 0.4) is 0 Å². The van der Waals surface area contributed by atoms with Gasteiger partial charge in [0.25, 0.3) is 5.91 Å². The van der Waals surface area contributed by atoms with Gasteiger partial charge in [-0.15, -0.1) is 0 Å². The Kier molecular flexibility index (Phi) is 4.44. The zero-order valence-corrected chi connectivity index (χ0v) is 12.8. The predicted octanol–water partition coefficient (Wildman–Crippen LogP) is 3.51. The van der Waals surface area contributed by atoms with E-state index in [-0.39, 0.29) is 15.6 Å². The van der Waals surface area contributed by atoms with Crippen LogP contribution in [0.25, 0.3) is 0 Å². The standard InChI is InChI=1S/C14H14Cl2FNO3/c1-14(4-2-3-8(14)13(20)21)18-12(19)7-5-11(17)10(16)6-9(7)15/h5-6,8H,2-4H2,1H3,(H,18,19)(H,20,21)/t8-,14-/m0/s1. The van der Waals surface area contributed by atoms with Gasteiger partial charge in [-0.1, -0.05) is 29.6 Å². The lowest BCUT2D eigenvalue weighted by Crippen LogP contribution is -2.51. The molecule has 4 nitrogen and oxygen atoms in total. The van der Waals surface area contributed by atoms with Gasteiger partial charge in [-0.25, -0.2) is 4.39 Å². The second kappa shape index (κ2) is 5.81. The Morgan fingerprint density at radius 1 is 1.38 bits per heavy atom. The summed E-state index contributed by atoms with van der Waals surface area (Å²) in [7, 11) is 0. The Morgan fingerprint density at radius 2 is 2.05 bits per heavy atom. The van der Waals surface area contributed by atoms with Crippen molar-refractivity contribution in [3.05, 3.63) is 33.6 Å². The van der Waals surface area contributed by atoms with Crippen LogP contribution in [0.15, 0.2) is 12.1 Å². The molecule has 0 unspecified atom stereocenters. The van der Waals surface area contributed by atoms with Gasteiger partial charge >= 0.3 is 5.97 Å². The van der Waals surface area contributed by atoms with Gasteiger partial charge in [-0.3, -0.25) is 9.59 Å². The first kappa shape index (κ1) is 16.0. The second-order valence-electron chi connectivity index (χ2n) is 5.40. The summed E-state index contributed by atoms with van der Waals surface area (Å²) in [5.74, 6) is -2.98. The predicted molar refractivity (Wildman–Crippen MR) is 77.3 cm³/mol. The van der Waals surface area contributed by atoms with Crippen LogP contribution >= 0.6 is 23.2 Å². The Labute approximate surface area is 131 Å². The van der Waals surface area contributed by atoms with Gasteiger partial charge < -0.3 is 10.4 Å². The second-order valence-corrected chi connectivity index (χ2v) is 6.22. The third-order valence-corrected chi connectivity index (χ3v) is 4.51. The number of amides is 1. The largest absolute Gasteiger partial charge is 0.481 e. The van der Waals surface area contributed by atoms with Crippen molar-refractivity contribution < 1.29 is 19.1 Å². The molecule has 114 valence electrons. The molecule has 0 heterocycles. The number of carbonyl (C=O) groups is 2. The van der Waals surface area contributed by atoms with Gasteiger partial charge in [0.1, 0.15) is 5.82 Å². The fourth-order valence-electron chi connectivity index (χ4n) is 2.74. The lowest BCUT2D eigenvalue weighted by atomic mass is 9.88. The topological polar surface area (TPSA) is 66.4 Å². The molecule has 0 aromatic heterocycles. The van der Waals surface area contributed by atoms with Crippen LogP contribution in [-0.4, -0.2) is 22.5 Å². The van der Waals surface area contributed by atoms with Crippen molar-refractivity contribution in [3.63, 3.8) is 0 Å². The number of carbonyl (C=O) groups excluding carboxylic acids is 1. The molecular formula is C14H14Cl2FNO3. The molecule has 1 fully saturated rings. The molecule has 1 amide bonds. The lowest BCUT2D eigenvalue weighted by molar-refractivity contribution is -0.143. The Bertz CT molecular complexity index is 608. The third-order valence-electron chi connectivity index (χ3n) is 3.91. The normalized spacial score (nSPS) is 24.9. The number of rotatable bonds is 3. The van der Waals surface area contributed by atoms with Gasteiger partial charge in [0.05, 0.1) is 27.1 Å². The summed E-state index contributed by atoms with van der Waals surface area (Å²) in [6.45, 7) is 1.68. The van der Waals surface area contributed by atoms with Crippen LogP contribution in [0.5, 0.6) is 0 Å². The molecular weight excluding hydrogens is 320 g/mol. The Morgan fingerprint density at radius 3 is 2.67 bits per heavy atom. The molecule has 1 aromatic carbocycles. The summed E-state index contributed by atoms with van der Waals surface area (Å²) in [6.07, 6.45) is 1.74. The number of halogens is 3. The molecule has 0 spiro atoms. The molecule has 1 aromatic rings. The van der Waals surface area contributed by atoms with E-state index in [9.17, 15) is 19.1 Å². The van der Waals surface area contributed by atoms with Crippen LogP contribution in [0.1, 0.15) is 36.5 Å². The molecule has 1 saturated carbocycles. The first-order valence-corrected chi connectivity index (χ1v) is 7.20. The van der Waals surface area contributed by atoms with Gasteiger partial charge in [0.2, 0.25) is 0 Å². The third kappa shape index (κ3) is 3.14. The summed E-state index contributed by atoms with van der Waals surface area (Å²) < 4.78 is 13.5. The highest BCUT2D eigenvalue weighted by molar-refractivity contribution is 6.36. The molecule has 1 aliphatic carbocycles. The van der Waals surface area contributed by atoms with Crippen LogP contribution < -0.4 is 5.32 Å². The van der Waals surface area contributed by atoms with Crippen molar-refractivity contribution in [3.8, 4) is 0 Å². The Hall–Kier alpha value is -1.33. The summed E-state index contributed by atoms with van der Waals surface area (Å²) >= 11 is 11.5. The molecule has 2 atom stereocenters. The van der Waals surface area contributed by atoms with E-state index in [2.05, 4.69) is 5.32 Å². The quantitative estimate of drug-likeness (QED) is 0.832. The van der Waals surface area contributed by atoms with E-state index >= 15 is 0 Å².